The van der Waals surface area contributed by atoms with Crippen molar-refractivity contribution in [3.05, 3.63) is 36.1 Å². The van der Waals surface area contributed by atoms with Gasteiger partial charge in [0.25, 0.3) is 0 Å². The quantitative estimate of drug-likeness (QED) is 0.862. The molecule has 1 aromatic heterocycles. The predicted molar refractivity (Wildman–Crippen MR) is 68.8 cm³/mol. The highest BCUT2D eigenvalue weighted by Gasteiger charge is 2.08. The Morgan fingerprint density at radius 3 is 2.88 bits per heavy atom. The molecule has 0 aliphatic carbocycles. The first-order valence-corrected chi connectivity index (χ1v) is 5.98. The second-order valence-corrected chi connectivity index (χ2v) is 4.63. The first-order valence-electron chi connectivity index (χ1n) is 5.98. The van der Waals surface area contributed by atoms with Crippen LogP contribution in [0, 0.1) is 0 Å². The van der Waals surface area contributed by atoms with Crippen LogP contribution in [0.5, 0.6) is 0 Å². The van der Waals surface area contributed by atoms with Crippen molar-refractivity contribution in [2.24, 2.45) is 0 Å². The van der Waals surface area contributed by atoms with Crippen molar-refractivity contribution in [1.82, 2.24) is 4.90 Å². The molecule has 0 saturated heterocycles. The average molecular weight is 233 g/mol. The largest absolute Gasteiger partial charge is 0.464 e. The molecular weight excluding hydrogens is 214 g/mol. The lowest BCUT2D eigenvalue weighted by Crippen LogP contribution is -2.21. The van der Waals surface area contributed by atoms with Crippen LogP contribution in [-0.4, -0.2) is 29.7 Å². The van der Waals surface area contributed by atoms with Crippen molar-refractivity contribution in [2.75, 3.05) is 13.6 Å². The molecule has 1 atom stereocenters. The van der Waals surface area contributed by atoms with E-state index in [1.165, 1.54) is 10.9 Å². The second kappa shape index (κ2) is 5.34. The van der Waals surface area contributed by atoms with Gasteiger partial charge in [0.2, 0.25) is 0 Å². The highest BCUT2D eigenvalue weighted by atomic mass is 16.3. The summed E-state index contributed by atoms with van der Waals surface area (Å²) >= 11 is 0. The summed E-state index contributed by atoms with van der Waals surface area (Å²) in [6, 6.07) is 8.06. The van der Waals surface area contributed by atoms with Crippen LogP contribution in [0.2, 0.25) is 0 Å². The molecule has 0 fully saturated rings. The minimum Gasteiger partial charge on any atom is -0.464 e. The number of benzene rings is 1. The van der Waals surface area contributed by atoms with Crippen LogP contribution >= 0.6 is 0 Å². The number of furan rings is 1. The van der Waals surface area contributed by atoms with E-state index >= 15 is 0 Å². The molecule has 3 heteroatoms. The summed E-state index contributed by atoms with van der Waals surface area (Å²) in [7, 11) is 2.06. The Kier molecular flexibility index (Phi) is 3.82. The maximum atomic E-state index is 9.25. The van der Waals surface area contributed by atoms with Crippen molar-refractivity contribution < 1.29 is 9.52 Å². The third-order valence-corrected chi connectivity index (χ3v) is 2.93. The van der Waals surface area contributed by atoms with Crippen molar-refractivity contribution in [3.63, 3.8) is 0 Å². The van der Waals surface area contributed by atoms with Crippen LogP contribution in [-0.2, 0) is 6.54 Å². The monoisotopic (exact) mass is 233 g/mol. The molecule has 0 aliphatic heterocycles. The Morgan fingerprint density at radius 2 is 2.12 bits per heavy atom. The SMILES string of the molecule is CC(O)CCN(C)Cc1coc2ccccc12. The van der Waals surface area contributed by atoms with Gasteiger partial charge in [-0.2, -0.15) is 0 Å². The maximum absolute atomic E-state index is 9.25. The lowest BCUT2D eigenvalue weighted by atomic mass is 10.1. The molecule has 0 bridgehead atoms. The number of aliphatic hydroxyl groups is 1. The Hall–Kier alpha value is -1.32. The molecule has 92 valence electrons. The molecule has 0 radical (unpaired) electrons. The molecule has 0 aliphatic rings. The number of nitrogens with zero attached hydrogens (tertiary/aromatic N) is 1. The zero-order chi connectivity index (χ0) is 12.3. The van der Waals surface area contributed by atoms with Crippen LogP contribution in [0.3, 0.4) is 0 Å². The number of para-hydroxylation sites is 1. The summed E-state index contributed by atoms with van der Waals surface area (Å²) < 4.78 is 5.50. The van der Waals surface area contributed by atoms with Crippen LogP contribution in [0.25, 0.3) is 11.0 Å². The standard InChI is InChI=1S/C14H19NO2/c1-11(16)7-8-15(2)9-12-10-17-14-6-4-3-5-13(12)14/h3-6,10-11,16H,7-9H2,1-2H3. The van der Waals surface area contributed by atoms with Gasteiger partial charge in [-0.15, -0.1) is 0 Å². The van der Waals surface area contributed by atoms with Crippen molar-refractivity contribution >= 4 is 11.0 Å². The molecule has 1 aromatic carbocycles. The zero-order valence-corrected chi connectivity index (χ0v) is 10.4. The van der Waals surface area contributed by atoms with E-state index in [1.54, 1.807) is 0 Å². The Bertz CT molecular complexity index is 476. The van der Waals surface area contributed by atoms with E-state index in [1.807, 2.05) is 31.4 Å². The van der Waals surface area contributed by atoms with Gasteiger partial charge in [-0.1, -0.05) is 18.2 Å². The number of hydrogen-bond donors (Lipinski definition) is 1. The molecule has 17 heavy (non-hydrogen) atoms. The van der Waals surface area contributed by atoms with Crippen LogP contribution < -0.4 is 0 Å². The van der Waals surface area contributed by atoms with Crippen molar-refractivity contribution in [2.45, 2.75) is 26.0 Å². The smallest absolute Gasteiger partial charge is 0.134 e. The fourth-order valence-electron chi connectivity index (χ4n) is 1.93. The van der Waals surface area contributed by atoms with Crippen molar-refractivity contribution in [3.8, 4) is 0 Å². The third-order valence-electron chi connectivity index (χ3n) is 2.93. The molecule has 2 aromatic rings. The fraction of sp³-hybridized carbons (Fsp3) is 0.429. The van der Waals surface area contributed by atoms with Gasteiger partial charge in [0.1, 0.15) is 5.58 Å². The molecule has 0 spiro atoms. The zero-order valence-electron chi connectivity index (χ0n) is 10.4. The van der Waals surface area contributed by atoms with E-state index in [0.717, 1.165) is 25.1 Å². The van der Waals surface area contributed by atoms with E-state index in [-0.39, 0.29) is 6.10 Å². The molecule has 0 saturated carbocycles. The summed E-state index contributed by atoms with van der Waals surface area (Å²) in [6.45, 7) is 3.56. The highest BCUT2D eigenvalue weighted by molar-refractivity contribution is 5.80. The summed E-state index contributed by atoms with van der Waals surface area (Å²) in [5, 5.41) is 10.4. The first-order chi connectivity index (χ1) is 8.16. The Labute approximate surface area is 102 Å². The summed E-state index contributed by atoms with van der Waals surface area (Å²) in [5.41, 5.74) is 2.14. The predicted octanol–water partition coefficient (Wildman–Crippen LogP) is 2.64. The maximum Gasteiger partial charge on any atom is 0.134 e. The Balaban J connectivity index is 2.03. The fourth-order valence-corrected chi connectivity index (χ4v) is 1.93. The summed E-state index contributed by atoms with van der Waals surface area (Å²) in [6.07, 6.45) is 2.38. The normalized spacial score (nSPS) is 13.4. The lowest BCUT2D eigenvalue weighted by Gasteiger charge is -2.16. The minimum atomic E-state index is -0.237. The Morgan fingerprint density at radius 1 is 1.35 bits per heavy atom. The van der Waals surface area contributed by atoms with Crippen molar-refractivity contribution in [1.29, 1.82) is 0 Å². The van der Waals surface area contributed by atoms with E-state index in [4.69, 9.17) is 4.42 Å². The third kappa shape index (κ3) is 3.08. The van der Waals surface area contributed by atoms with Gasteiger partial charge in [0.05, 0.1) is 12.4 Å². The number of aliphatic hydroxyl groups excluding tert-OH is 1. The number of rotatable bonds is 5. The minimum absolute atomic E-state index is 0.237. The van der Waals surface area contributed by atoms with Gasteiger partial charge < -0.3 is 14.4 Å². The first kappa shape index (κ1) is 12.1. The van der Waals surface area contributed by atoms with E-state index in [2.05, 4.69) is 18.0 Å². The topological polar surface area (TPSA) is 36.6 Å². The van der Waals surface area contributed by atoms with E-state index < -0.39 is 0 Å². The lowest BCUT2D eigenvalue weighted by molar-refractivity contribution is 0.163. The second-order valence-electron chi connectivity index (χ2n) is 4.63. The van der Waals surface area contributed by atoms with Crippen LogP contribution in [0.4, 0.5) is 0 Å². The summed E-state index contributed by atoms with van der Waals surface area (Å²) in [5.74, 6) is 0. The van der Waals surface area contributed by atoms with Gasteiger partial charge >= 0.3 is 0 Å². The number of hydrogen-bond acceptors (Lipinski definition) is 3. The number of fused-ring (bicyclic) bond motifs is 1. The van der Waals surface area contributed by atoms with Crippen LogP contribution in [0.15, 0.2) is 34.9 Å². The van der Waals surface area contributed by atoms with Gasteiger partial charge in [0, 0.05) is 24.0 Å². The van der Waals surface area contributed by atoms with Crippen LogP contribution in [0.1, 0.15) is 18.9 Å². The average Bonchev–Trinajstić information content (AvgIpc) is 2.70. The van der Waals surface area contributed by atoms with Gasteiger partial charge in [-0.3, -0.25) is 0 Å². The molecule has 2 rings (SSSR count). The van der Waals surface area contributed by atoms with Gasteiger partial charge in [0.15, 0.2) is 0 Å². The van der Waals surface area contributed by atoms with Gasteiger partial charge in [-0.05, 0) is 26.5 Å². The van der Waals surface area contributed by atoms with E-state index in [9.17, 15) is 5.11 Å². The van der Waals surface area contributed by atoms with E-state index in [0.29, 0.717) is 0 Å². The molecule has 1 heterocycles. The molecule has 1 N–H and O–H groups in total. The summed E-state index contributed by atoms with van der Waals surface area (Å²) in [4.78, 5) is 2.20. The molecular formula is C14H19NO2. The molecule has 3 nitrogen and oxygen atoms in total. The van der Waals surface area contributed by atoms with Gasteiger partial charge in [-0.25, -0.2) is 0 Å². The highest BCUT2D eigenvalue weighted by Crippen LogP contribution is 2.21. The molecule has 1 unspecified atom stereocenters. The molecule has 0 amide bonds.